The largest absolute Gasteiger partial charge is 0.353 e. The smallest absolute Gasteiger partial charge is 0.314 e. The van der Waals surface area contributed by atoms with Gasteiger partial charge in [-0.1, -0.05) is 29.8 Å². The molecule has 122 valence electrons. The summed E-state index contributed by atoms with van der Waals surface area (Å²) in [5.41, 5.74) is 0.798. The van der Waals surface area contributed by atoms with Gasteiger partial charge in [0.05, 0.1) is 10.6 Å². The van der Waals surface area contributed by atoms with Crippen molar-refractivity contribution >= 4 is 23.0 Å². The molecule has 0 atom stereocenters. The van der Waals surface area contributed by atoms with Crippen LogP contribution in [0.1, 0.15) is 11.1 Å². The molecular formula is C16H13N3O5. The Kier molecular flexibility index (Phi) is 3.63. The fourth-order valence-corrected chi connectivity index (χ4v) is 2.35. The number of aliphatic hydroxyl groups is 2. The number of nitro groups is 1. The fraction of sp³-hybridized carbons (Fsp3) is 0.125. The number of carbonyl (C=O) groups excluding carboxylic acids is 1. The van der Waals surface area contributed by atoms with E-state index in [9.17, 15) is 25.1 Å². The number of aryl methyl sites for hydroxylation is 1. The van der Waals surface area contributed by atoms with Crippen LogP contribution in [0.5, 0.6) is 0 Å². The van der Waals surface area contributed by atoms with Crippen molar-refractivity contribution in [3.63, 3.8) is 0 Å². The number of nitrogens with zero attached hydrogens (tertiary/aromatic N) is 3. The summed E-state index contributed by atoms with van der Waals surface area (Å²) in [6, 6.07) is 11.9. The number of benzene rings is 2. The fourth-order valence-electron chi connectivity index (χ4n) is 2.35. The van der Waals surface area contributed by atoms with Crippen LogP contribution in [0.4, 0.5) is 11.4 Å². The van der Waals surface area contributed by atoms with Gasteiger partial charge in [-0.05, 0) is 19.1 Å². The van der Waals surface area contributed by atoms with Gasteiger partial charge in [0.2, 0.25) is 0 Å². The second-order valence-electron chi connectivity index (χ2n) is 5.38. The number of carbonyl (C=O) groups is 1. The zero-order valence-electron chi connectivity index (χ0n) is 12.6. The molecule has 0 bridgehead atoms. The Bertz CT molecular complexity index is 858. The van der Waals surface area contributed by atoms with Crippen LogP contribution in [0.15, 0.2) is 53.6 Å². The van der Waals surface area contributed by atoms with Crippen LogP contribution < -0.4 is 5.01 Å². The minimum absolute atomic E-state index is 0.0807. The molecule has 0 saturated carbocycles. The molecule has 1 aliphatic rings. The number of non-ortho nitro benzene ring substituents is 1. The van der Waals surface area contributed by atoms with Gasteiger partial charge in [-0.2, -0.15) is 10.1 Å². The number of rotatable bonds is 3. The van der Waals surface area contributed by atoms with Gasteiger partial charge in [0.1, 0.15) is 5.71 Å². The first-order valence-electron chi connectivity index (χ1n) is 7.00. The summed E-state index contributed by atoms with van der Waals surface area (Å²) in [6.45, 7) is 1.87. The van der Waals surface area contributed by atoms with Crippen molar-refractivity contribution in [3.05, 3.63) is 69.8 Å². The number of nitro benzene ring substituents is 1. The molecule has 8 heteroatoms. The SMILES string of the molecule is Cc1ccc(N2N=C(c3cccc([N+](=O)[O-])c3)C(O)(O)C2=O)cc1. The molecule has 0 saturated heterocycles. The van der Waals surface area contributed by atoms with Gasteiger partial charge in [0.25, 0.3) is 11.5 Å². The van der Waals surface area contributed by atoms with Gasteiger partial charge < -0.3 is 10.2 Å². The van der Waals surface area contributed by atoms with E-state index >= 15 is 0 Å². The normalized spacial score (nSPS) is 16.2. The summed E-state index contributed by atoms with van der Waals surface area (Å²) in [7, 11) is 0. The Morgan fingerprint density at radius 3 is 2.46 bits per heavy atom. The Labute approximate surface area is 136 Å². The third kappa shape index (κ3) is 2.53. The summed E-state index contributed by atoms with van der Waals surface area (Å²) in [5.74, 6) is -3.91. The van der Waals surface area contributed by atoms with E-state index in [-0.39, 0.29) is 17.0 Å². The zero-order valence-corrected chi connectivity index (χ0v) is 12.6. The average molecular weight is 327 g/mol. The molecule has 1 aliphatic heterocycles. The predicted octanol–water partition coefficient (Wildman–Crippen LogP) is 1.34. The second-order valence-corrected chi connectivity index (χ2v) is 5.38. The van der Waals surface area contributed by atoms with E-state index < -0.39 is 16.6 Å². The minimum atomic E-state index is -2.86. The van der Waals surface area contributed by atoms with Crippen molar-refractivity contribution in [1.29, 1.82) is 0 Å². The minimum Gasteiger partial charge on any atom is -0.353 e. The number of hydrogen-bond acceptors (Lipinski definition) is 6. The molecule has 0 unspecified atom stereocenters. The van der Waals surface area contributed by atoms with Gasteiger partial charge in [0, 0.05) is 17.7 Å². The van der Waals surface area contributed by atoms with Gasteiger partial charge >= 0.3 is 5.91 Å². The predicted molar refractivity (Wildman–Crippen MR) is 85.5 cm³/mol. The van der Waals surface area contributed by atoms with Crippen LogP contribution in [-0.4, -0.2) is 32.5 Å². The maximum Gasteiger partial charge on any atom is 0.314 e. The first kappa shape index (κ1) is 15.8. The van der Waals surface area contributed by atoms with Gasteiger partial charge in [-0.25, -0.2) is 0 Å². The zero-order chi connectivity index (χ0) is 17.5. The van der Waals surface area contributed by atoms with Crippen molar-refractivity contribution in [2.45, 2.75) is 12.7 Å². The number of hydrazone groups is 1. The number of amides is 1. The molecule has 1 amide bonds. The molecule has 2 aromatic carbocycles. The molecule has 0 aliphatic carbocycles. The van der Waals surface area contributed by atoms with E-state index in [0.717, 1.165) is 16.6 Å². The summed E-state index contributed by atoms with van der Waals surface area (Å²) in [5, 5.41) is 36.0. The van der Waals surface area contributed by atoms with E-state index in [0.29, 0.717) is 5.69 Å². The third-order valence-electron chi connectivity index (χ3n) is 3.63. The lowest BCUT2D eigenvalue weighted by atomic mass is 10.0. The first-order chi connectivity index (χ1) is 11.3. The van der Waals surface area contributed by atoms with E-state index in [2.05, 4.69) is 5.10 Å². The monoisotopic (exact) mass is 327 g/mol. The second kappa shape index (κ2) is 5.52. The summed E-state index contributed by atoms with van der Waals surface area (Å²) in [4.78, 5) is 22.6. The topological polar surface area (TPSA) is 116 Å². The Balaban J connectivity index is 2.07. The van der Waals surface area contributed by atoms with Crippen LogP contribution in [0.25, 0.3) is 0 Å². The lowest BCUT2D eigenvalue weighted by molar-refractivity contribution is -0.384. The molecular weight excluding hydrogens is 314 g/mol. The molecule has 2 aromatic rings. The van der Waals surface area contributed by atoms with Crippen LogP contribution in [0.2, 0.25) is 0 Å². The highest BCUT2D eigenvalue weighted by molar-refractivity contribution is 6.26. The van der Waals surface area contributed by atoms with E-state index in [4.69, 9.17) is 0 Å². The van der Waals surface area contributed by atoms with Crippen LogP contribution in [0, 0.1) is 17.0 Å². The molecule has 0 fully saturated rings. The highest BCUT2D eigenvalue weighted by Crippen LogP contribution is 2.29. The van der Waals surface area contributed by atoms with Crippen LogP contribution in [-0.2, 0) is 4.79 Å². The molecule has 2 N–H and O–H groups in total. The summed E-state index contributed by atoms with van der Waals surface area (Å²) < 4.78 is 0. The van der Waals surface area contributed by atoms with Gasteiger partial charge in [-0.15, -0.1) is 0 Å². The summed E-state index contributed by atoms with van der Waals surface area (Å²) in [6.07, 6.45) is 0. The highest BCUT2D eigenvalue weighted by atomic mass is 16.6. The van der Waals surface area contributed by atoms with Crippen molar-refractivity contribution in [1.82, 2.24) is 0 Å². The Morgan fingerprint density at radius 2 is 1.83 bits per heavy atom. The van der Waals surface area contributed by atoms with Crippen molar-refractivity contribution in [3.8, 4) is 0 Å². The third-order valence-corrected chi connectivity index (χ3v) is 3.63. The highest BCUT2D eigenvalue weighted by Gasteiger charge is 2.50. The quantitative estimate of drug-likeness (QED) is 0.501. The van der Waals surface area contributed by atoms with E-state index in [1.165, 1.54) is 18.2 Å². The lowest BCUT2D eigenvalue weighted by Crippen LogP contribution is -2.46. The number of anilines is 1. The molecule has 1 heterocycles. The maximum atomic E-state index is 12.3. The maximum absolute atomic E-state index is 12.3. The molecule has 3 rings (SSSR count). The standard InChI is InChI=1S/C16H13N3O5/c1-10-5-7-12(8-6-10)18-15(20)16(21,22)14(17-18)11-3-2-4-13(9-11)19(23)24/h2-9,21-22H,1H3. The number of hydrogen-bond donors (Lipinski definition) is 2. The van der Waals surface area contributed by atoms with Crippen LogP contribution in [0.3, 0.4) is 0 Å². The van der Waals surface area contributed by atoms with E-state index in [1.807, 2.05) is 6.92 Å². The lowest BCUT2D eigenvalue weighted by Gasteiger charge is -2.17. The molecule has 0 radical (unpaired) electrons. The van der Waals surface area contributed by atoms with Crippen molar-refractivity contribution in [2.75, 3.05) is 5.01 Å². The Morgan fingerprint density at radius 1 is 1.17 bits per heavy atom. The molecule has 0 aromatic heterocycles. The van der Waals surface area contributed by atoms with Crippen molar-refractivity contribution < 1.29 is 19.9 Å². The van der Waals surface area contributed by atoms with Crippen molar-refractivity contribution in [2.24, 2.45) is 5.10 Å². The molecule has 0 spiro atoms. The molecule has 24 heavy (non-hydrogen) atoms. The average Bonchev–Trinajstić information content (AvgIpc) is 2.79. The summed E-state index contributed by atoms with van der Waals surface area (Å²) >= 11 is 0. The van der Waals surface area contributed by atoms with Crippen LogP contribution >= 0.6 is 0 Å². The first-order valence-corrected chi connectivity index (χ1v) is 7.00. The Hall–Kier alpha value is -3.10. The van der Waals surface area contributed by atoms with E-state index in [1.54, 1.807) is 24.3 Å². The molecule has 8 nitrogen and oxygen atoms in total. The van der Waals surface area contributed by atoms with Gasteiger partial charge in [0.15, 0.2) is 0 Å². The van der Waals surface area contributed by atoms with Gasteiger partial charge in [-0.3, -0.25) is 14.9 Å².